The zero-order chi connectivity index (χ0) is 25.4. The standard InChI is InChI=1S/C10H16N2O8.C2H5NO2.2C2H6O.5Na.5H/c13-7(14)3-11(4-8(15)16)1-2-12(5-9(17)18)6-10(19)20;3-1-2(4)5;2*1-2-3;;;;;;;;;;/h1-6H2,(H,13,14)(H,15,16)(H,17,18)(H,19,20);1,3H2,(H,4,5);2*3H,2H2,1H3;;;;;;;;;;/q;;;;5*+1;5*-1. The van der Waals surface area contributed by atoms with Crippen LogP contribution in [0.4, 0.5) is 0 Å². The largest absolute Gasteiger partial charge is 1.00 e. The molecule has 20 heteroatoms. The first kappa shape index (κ1) is 62.0. The van der Waals surface area contributed by atoms with Gasteiger partial charge in [-0.3, -0.25) is 33.8 Å². The summed E-state index contributed by atoms with van der Waals surface area (Å²) in [7, 11) is 0. The van der Waals surface area contributed by atoms with Gasteiger partial charge in [0.1, 0.15) is 0 Å². The molecule has 0 aliphatic rings. The molecular weight excluding hydrogens is 541 g/mol. The van der Waals surface area contributed by atoms with Gasteiger partial charge in [0.25, 0.3) is 0 Å². The van der Waals surface area contributed by atoms with E-state index in [0.717, 1.165) is 9.80 Å². The first-order chi connectivity index (χ1) is 14.3. The molecule has 0 aliphatic heterocycles. The number of aliphatic carboxylic acids is 5. The number of carboxylic acids is 5. The van der Waals surface area contributed by atoms with Crippen molar-refractivity contribution in [3.63, 3.8) is 0 Å². The van der Waals surface area contributed by atoms with Crippen LogP contribution in [-0.4, -0.2) is 134 Å². The summed E-state index contributed by atoms with van der Waals surface area (Å²) in [5.41, 5.74) is 4.57. The summed E-state index contributed by atoms with van der Waals surface area (Å²) in [5, 5.41) is 57.2. The van der Waals surface area contributed by atoms with E-state index in [-0.39, 0.29) is 188 Å². The Balaban J connectivity index is -0.0000000252. The van der Waals surface area contributed by atoms with Crippen LogP contribution in [0.1, 0.15) is 21.0 Å². The van der Waals surface area contributed by atoms with E-state index in [1.54, 1.807) is 13.8 Å². The Hall–Kier alpha value is 2.15. The van der Waals surface area contributed by atoms with Gasteiger partial charge in [-0.25, -0.2) is 0 Å². The van der Waals surface area contributed by atoms with Gasteiger partial charge >= 0.3 is 178 Å². The first-order valence-corrected chi connectivity index (χ1v) is 8.76. The second-order valence-electron chi connectivity index (χ2n) is 5.23. The minimum Gasteiger partial charge on any atom is -1.00 e. The van der Waals surface area contributed by atoms with Crippen molar-refractivity contribution < 1.29 is 215 Å². The number of aliphatic hydroxyl groups excluding tert-OH is 2. The van der Waals surface area contributed by atoms with Gasteiger partial charge in [0.05, 0.1) is 32.7 Å². The SMILES string of the molecule is CCO.CCO.NCC(=O)O.O=C(O)CN(CCN(CC(=O)O)CC(=O)O)CC(=O)O.[H-].[H-].[H-].[H-].[H-].[Na+].[Na+].[Na+].[Na+].[Na+]. The summed E-state index contributed by atoms with van der Waals surface area (Å²) >= 11 is 0. The summed E-state index contributed by atoms with van der Waals surface area (Å²) in [6.07, 6.45) is 0. The Bertz CT molecular complexity index is 489. The van der Waals surface area contributed by atoms with Crippen LogP contribution in [0.3, 0.4) is 0 Å². The van der Waals surface area contributed by atoms with Crippen molar-refractivity contribution in [2.45, 2.75) is 13.8 Å². The Kier molecular flexibility index (Phi) is 80.8. The molecule has 0 amide bonds. The van der Waals surface area contributed by atoms with E-state index in [1.807, 2.05) is 0 Å². The summed E-state index contributed by atoms with van der Waals surface area (Å²) in [6.45, 7) is 1.33. The molecule has 0 aromatic rings. The number of rotatable bonds is 12. The molecule has 0 saturated carbocycles. The molecule has 0 heterocycles. The molecule has 0 aliphatic carbocycles. The van der Waals surface area contributed by atoms with Gasteiger partial charge in [-0.15, -0.1) is 0 Å². The molecule has 0 spiro atoms. The molecule has 0 unspecified atom stereocenters. The van der Waals surface area contributed by atoms with E-state index < -0.39 is 56.0 Å². The van der Waals surface area contributed by atoms with E-state index in [2.05, 4.69) is 5.73 Å². The van der Waals surface area contributed by atoms with E-state index in [9.17, 15) is 24.0 Å². The van der Waals surface area contributed by atoms with Gasteiger partial charge in [0.15, 0.2) is 0 Å². The van der Waals surface area contributed by atoms with Gasteiger partial charge in [-0.2, -0.15) is 0 Å². The van der Waals surface area contributed by atoms with Crippen LogP contribution < -0.4 is 154 Å². The average molecular weight is 579 g/mol. The number of aliphatic hydroxyl groups is 2. The number of nitrogens with two attached hydrogens (primary N) is 1. The number of carboxylic acid groups (broad SMARTS) is 5. The van der Waals surface area contributed by atoms with Crippen molar-refractivity contribution in [3.8, 4) is 0 Å². The molecular formula is C16H38N3Na5O12. The zero-order valence-electron chi connectivity index (χ0n) is 27.5. The van der Waals surface area contributed by atoms with E-state index in [4.69, 9.17) is 35.7 Å². The molecule has 9 N–H and O–H groups in total. The molecule has 15 nitrogen and oxygen atoms in total. The molecule has 0 aromatic heterocycles. The van der Waals surface area contributed by atoms with Gasteiger partial charge in [-0.1, -0.05) is 0 Å². The Labute approximate surface area is 328 Å². The predicted octanol–water partition coefficient (Wildman–Crippen LogP) is -17.5. The molecule has 0 aromatic carbocycles. The van der Waals surface area contributed by atoms with Crippen LogP contribution in [0.15, 0.2) is 0 Å². The molecule has 36 heavy (non-hydrogen) atoms. The summed E-state index contributed by atoms with van der Waals surface area (Å²) in [5.74, 6) is -5.88. The smallest absolute Gasteiger partial charge is 1.00 e. The number of nitrogens with zero attached hydrogens (tertiary/aromatic N) is 2. The summed E-state index contributed by atoms with van der Waals surface area (Å²) in [4.78, 5) is 53.6. The minimum atomic E-state index is -1.23. The number of hydrogen-bond donors (Lipinski definition) is 8. The maximum Gasteiger partial charge on any atom is 1.00 e. The van der Waals surface area contributed by atoms with Crippen molar-refractivity contribution >= 4 is 29.8 Å². The molecule has 0 fully saturated rings. The number of hydrogen-bond acceptors (Lipinski definition) is 10. The average Bonchev–Trinajstić information content (AvgIpc) is 2.59. The zero-order valence-corrected chi connectivity index (χ0v) is 32.5. The van der Waals surface area contributed by atoms with Crippen LogP contribution in [0.25, 0.3) is 0 Å². The maximum atomic E-state index is 10.6. The summed E-state index contributed by atoms with van der Waals surface area (Å²) < 4.78 is 0. The Morgan fingerprint density at radius 3 is 0.778 bits per heavy atom. The maximum absolute atomic E-state index is 10.6. The van der Waals surface area contributed by atoms with E-state index in [1.165, 1.54) is 0 Å². The van der Waals surface area contributed by atoms with E-state index in [0.29, 0.717) is 0 Å². The normalized spacial score (nSPS) is 7.97. The van der Waals surface area contributed by atoms with Crippen LogP contribution in [0.2, 0.25) is 0 Å². The van der Waals surface area contributed by atoms with Crippen LogP contribution >= 0.6 is 0 Å². The second kappa shape index (κ2) is 47.0. The monoisotopic (exact) mass is 579 g/mol. The third-order valence-electron chi connectivity index (χ3n) is 2.34. The Morgan fingerprint density at radius 2 is 0.694 bits per heavy atom. The van der Waals surface area contributed by atoms with Crippen LogP contribution in [0, 0.1) is 0 Å². The first-order valence-electron chi connectivity index (χ1n) is 8.76. The predicted molar refractivity (Wildman–Crippen MR) is 111 cm³/mol. The van der Waals surface area contributed by atoms with Gasteiger partial charge in [-0.05, 0) is 13.8 Å². The van der Waals surface area contributed by atoms with E-state index >= 15 is 0 Å². The van der Waals surface area contributed by atoms with Crippen molar-refractivity contribution in [2.75, 3.05) is 59.0 Å². The molecule has 0 atom stereocenters. The molecule has 0 saturated heterocycles. The number of carbonyl (C=O) groups is 5. The fraction of sp³-hybridized carbons (Fsp3) is 0.688. The van der Waals surface area contributed by atoms with Crippen molar-refractivity contribution in [1.82, 2.24) is 9.80 Å². The van der Waals surface area contributed by atoms with Gasteiger partial charge < -0.3 is 48.6 Å². The van der Waals surface area contributed by atoms with Crippen molar-refractivity contribution in [3.05, 3.63) is 0 Å². The fourth-order valence-electron chi connectivity index (χ4n) is 1.48. The quantitative estimate of drug-likeness (QED) is 0.0998. The molecule has 0 rings (SSSR count). The van der Waals surface area contributed by atoms with Gasteiger partial charge in [0.2, 0.25) is 0 Å². The molecule has 0 radical (unpaired) electrons. The Morgan fingerprint density at radius 1 is 0.556 bits per heavy atom. The second-order valence-corrected chi connectivity index (χ2v) is 5.23. The minimum absolute atomic E-state index is 0. The summed E-state index contributed by atoms with van der Waals surface area (Å²) in [6, 6.07) is 0. The third kappa shape index (κ3) is 70.6. The van der Waals surface area contributed by atoms with Crippen molar-refractivity contribution in [2.24, 2.45) is 5.73 Å². The molecule has 0 bridgehead atoms. The third-order valence-corrected chi connectivity index (χ3v) is 2.34. The van der Waals surface area contributed by atoms with Gasteiger partial charge in [0, 0.05) is 26.3 Å². The van der Waals surface area contributed by atoms with Crippen molar-refractivity contribution in [1.29, 1.82) is 0 Å². The topological polar surface area (TPSA) is 259 Å². The van der Waals surface area contributed by atoms with Crippen LogP contribution in [0.5, 0.6) is 0 Å². The van der Waals surface area contributed by atoms with Crippen LogP contribution in [-0.2, 0) is 24.0 Å². The fourth-order valence-corrected chi connectivity index (χ4v) is 1.48. The molecule has 194 valence electrons.